The number of rotatable bonds is 16. The van der Waals surface area contributed by atoms with E-state index in [4.69, 9.17) is 0 Å². The fourth-order valence-corrected chi connectivity index (χ4v) is 10.2. The molecule has 0 fully saturated rings. The van der Waals surface area contributed by atoms with Crippen molar-refractivity contribution in [3.63, 3.8) is 0 Å². The molecule has 11 aromatic rings. The second-order valence-corrected chi connectivity index (χ2v) is 20.3. The summed E-state index contributed by atoms with van der Waals surface area (Å²) < 4.78 is 89.7. The number of anilines is 12. The average Bonchev–Trinajstić information content (AvgIpc) is 2.61. The molecule has 0 aliphatic heterocycles. The second-order valence-electron chi connectivity index (χ2n) is 20.3. The summed E-state index contributed by atoms with van der Waals surface area (Å²) in [4.78, 5) is 8.47. The van der Waals surface area contributed by atoms with Crippen molar-refractivity contribution < 1.29 is 26.3 Å². The lowest BCUT2D eigenvalue weighted by Gasteiger charge is -2.28. The number of hydrogen-bond acceptors (Lipinski definition) is 4. The first-order chi connectivity index (χ1) is 40.7. The largest absolute Gasteiger partial charge is 0.417 e. The van der Waals surface area contributed by atoms with Gasteiger partial charge in [-0.2, -0.15) is 26.3 Å². The van der Waals surface area contributed by atoms with Crippen molar-refractivity contribution in [1.82, 2.24) is 0 Å². The van der Waals surface area contributed by atoms with Crippen molar-refractivity contribution in [2.45, 2.75) is 26.2 Å². The number of nitrogens with zero attached hydrogens (tertiary/aromatic N) is 4. The maximum Gasteiger partial charge on any atom is 0.417 e. The first-order valence-electron chi connectivity index (χ1n) is 27.4. The Balaban J connectivity index is 0.852. The van der Waals surface area contributed by atoms with Crippen LogP contribution in [-0.4, -0.2) is 0 Å². The number of benzene rings is 11. The number of hydrogen-bond donors (Lipinski definition) is 0. The highest BCUT2D eigenvalue weighted by molar-refractivity contribution is 5.85. The van der Waals surface area contributed by atoms with Crippen LogP contribution >= 0.6 is 0 Å². The number of alkyl halides is 6. The summed E-state index contributed by atoms with van der Waals surface area (Å²) in [5.41, 5.74) is 10.5. The van der Waals surface area contributed by atoms with Crippen molar-refractivity contribution in [1.29, 1.82) is 0 Å². The molecule has 0 aromatic heterocycles. The third-order valence-corrected chi connectivity index (χ3v) is 14.4. The molecule has 84 heavy (non-hydrogen) atoms. The van der Waals surface area contributed by atoms with Gasteiger partial charge in [-0.15, -0.1) is 0 Å². The van der Waals surface area contributed by atoms with Gasteiger partial charge in [0.15, 0.2) is 0 Å². The standard InChI is InChI=1S/C74H56F6N4/c1-53-23-35-63(36-24-53)81(59-15-7-3-8-16-59)67-43-47-69(48-44-67)83(61-19-11-5-12-20-61)65-39-29-55(30-40-65)27-33-57-51-72(74(78,79)80)58(52-71(57)73(75,76)77)34-28-56-31-41-66(42-32-56)84(62-21-13-6-14-22-62)70-49-45-68(46-50-70)82(60-17-9-4-10-18-60)64-37-25-54(2)26-38-64/h3-52H,1-2H3/b33-27-,34-28-. The molecule has 0 radical (unpaired) electrons. The van der Waals surface area contributed by atoms with Crippen LogP contribution in [0.2, 0.25) is 0 Å². The van der Waals surface area contributed by atoms with Gasteiger partial charge < -0.3 is 19.6 Å². The summed E-state index contributed by atoms with van der Waals surface area (Å²) >= 11 is 0. The monoisotopic (exact) mass is 1110 g/mol. The summed E-state index contributed by atoms with van der Waals surface area (Å²) in [6.07, 6.45) is -4.96. The quantitative estimate of drug-likeness (QED) is 0.0706. The molecule has 0 amide bonds. The molecule has 0 bridgehead atoms. The van der Waals surface area contributed by atoms with Gasteiger partial charge in [-0.25, -0.2) is 0 Å². The van der Waals surface area contributed by atoms with Gasteiger partial charge in [-0.05, 0) is 194 Å². The van der Waals surface area contributed by atoms with E-state index < -0.39 is 34.6 Å². The second kappa shape index (κ2) is 24.4. The first-order valence-corrected chi connectivity index (χ1v) is 27.4. The van der Waals surface area contributed by atoms with Crippen molar-refractivity contribution >= 4 is 92.6 Å². The van der Waals surface area contributed by atoms with E-state index in [0.717, 1.165) is 91.5 Å². The van der Waals surface area contributed by atoms with Gasteiger partial charge in [-0.3, -0.25) is 0 Å². The van der Waals surface area contributed by atoms with Crippen LogP contribution in [0.15, 0.2) is 279 Å². The zero-order chi connectivity index (χ0) is 58.2. The highest BCUT2D eigenvalue weighted by atomic mass is 19.4. The normalized spacial score (nSPS) is 11.7. The lowest BCUT2D eigenvalue weighted by atomic mass is 9.95. The fraction of sp³-hybridized carbons (Fsp3) is 0.0541. The van der Waals surface area contributed by atoms with E-state index >= 15 is 0 Å². The Labute approximate surface area is 486 Å². The Morgan fingerprint density at radius 3 is 0.643 bits per heavy atom. The van der Waals surface area contributed by atoms with Crippen LogP contribution < -0.4 is 19.6 Å². The van der Waals surface area contributed by atoms with E-state index in [0.29, 0.717) is 23.3 Å². The van der Waals surface area contributed by atoms with Crippen LogP contribution in [0, 0.1) is 13.8 Å². The van der Waals surface area contributed by atoms with E-state index in [9.17, 15) is 26.3 Å². The van der Waals surface area contributed by atoms with Crippen molar-refractivity contribution in [2.75, 3.05) is 19.6 Å². The van der Waals surface area contributed by atoms with Crippen molar-refractivity contribution in [3.05, 3.63) is 324 Å². The predicted octanol–water partition coefficient (Wildman–Crippen LogP) is 22.6. The Morgan fingerprint density at radius 1 is 0.238 bits per heavy atom. The van der Waals surface area contributed by atoms with Crippen LogP contribution in [0.25, 0.3) is 24.3 Å². The molecule has 11 aromatic carbocycles. The molecule has 0 aliphatic rings. The molecule has 414 valence electrons. The van der Waals surface area contributed by atoms with Crippen LogP contribution in [0.4, 0.5) is 94.6 Å². The maximum atomic E-state index is 14.9. The lowest BCUT2D eigenvalue weighted by Crippen LogP contribution is -2.13. The molecule has 10 heteroatoms. The average molecular weight is 1120 g/mol. The maximum absolute atomic E-state index is 14.9. The number of aryl methyl sites for hydroxylation is 2. The Bertz CT molecular complexity index is 3730. The topological polar surface area (TPSA) is 13.0 Å². The molecule has 0 aliphatic carbocycles. The van der Waals surface area contributed by atoms with E-state index in [2.05, 4.69) is 131 Å². The minimum atomic E-state index is -4.97. The number of para-hydroxylation sites is 4. The van der Waals surface area contributed by atoms with Gasteiger partial charge in [0.25, 0.3) is 0 Å². The van der Waals surface area contributed by atoms with E-state index in [1.807, 2.05) is 146 Å². The van der Waals surface area contributed by atoms with E-state index in [-0.39, 0.29) is 0 Å². The highest BCUT2D eigenvalue weighted by Crippen LogP contribution is 2.44. The zero-order valence-electron chi connectivity index (χ0n) is 45.9. The molecule has 0 atom stereocenters. The minimum absolute atomic E-state index is 0.489. The summed E-state index contributed by atoms with van der Waals surface area (Å²) in [5.74, 6) is 0. The Kier molecular flexibility index (Phi) is 16.2. The molecule has 0 unspecified atom stereocenters. The van der Waals surface area contributed by atoms with Crippen molar-refractivity contribution in [2.24, 2.45) is 0 Å². The SMILES string of the molecule is Cc1ccc(N(c2ccccc2)c2ccc(N(c3ccccc3)c3ccc(/C=C\c4cc(C(F)(F)F)c(/C=C\c5ccc(N(c6ccccc6)c6ccc(N(c7ccccc7)c7ccc(C)cc7)cc6)cc5)cc4C(F)(F)F)cc3)cc2)cc1. The summed E-state index contributed by atoms with van der Waals surface area (Å²) in [6, 6.07) is 88.1. The van der Waals surface area contributed by atoms with Crippen molar-refractivity contribution in [3.8, 4) is 0 Å². The Hall–Kier alpha value is -10.3. The summed E-state index contributed by atoms with van der Waals surface area (Å²) in [6.45, 7) is 4.10. The van der Waals surface area contributed by atoms with Gasteiger partial charge in [0, 0.05) is 68.2 Å². The smallest absolute Gasteiger partial charge is 0.311 e. The number of halogens is 6. The van der Waals surface area contributed by atoms with Crippen LogP contribution in [-0.2, 0) is 12.4 Å². The summed E-state index contributed by atoms with van der Waals surface area (Å²) in [7, 11) is 0. The van der Waals surface area contributed by atoms with Gasteiger partial charge in [0.1, 0.15) is 0 Å². The fourth-order valence-electron chi connectivity index (χ4n) is 10.2. The molecular weight excluding hydrogens is 1060 g/mol. The lowest BCUT2D eigenvalue weighted by molar-refractivity contribution is -0.141. The van der Waals surface area contributed by atoms with Gasteiger partial charge in [0.05, 0.1) is 11.1 Å². The van der Waals surface area contributed by atoms with Gasteiger partial charge in [0.2, 0.25) is 0 Å². The van der Waals surface area contributed by atoms with Gasteiger partial charge >= 0.3 is 12.4 Å². The molecule has 0 saturated heterocycles. The third kappa shape index (κ3) is 12.7. The highest BCUT2D eigenvalue weighted by Gasteiger charge is 2.38. The first kappa shape index (κ1) is 55.6. The molecule has 0 saturated carbocycles. The minimum Gasteiger partial charge on any atom is -0.311 e. The zero-order valence-corrected chi connectivity index (χ0v) is 45.9. The molecule has 11 rings (SSSR count). The summed E-state index contributed by atoms with van der Waals surface area (Å²) in [5, 5.41) is 0. The Morgan fingerprint density at radius 2 is 0.429 bits per heavy atom. The molecule has 4 nitrogen and oxygen atoms in total. The van der Waals surface area contributed by atoms with Crippen LogP contribution in [0.3, 0.4) is 0 Å². The third-order valence-electron chi connectivity index (χ3n) is 14.4. The molecule has 0 N–H and O–H groups in total. The molecular formula is C74H56F6N4. The predicted molar refractivity (Wildman–Crippen MR) is 335 cm³/mol. The van der Waals surface area contributed by atoms with Crippen LogP contribution in [0.5, 0.6) is 0 Å². The van der Waals surface area contributed by atoms with E-state index in [1.54, 1.807) is 24.3 Å². The molecule has 0 spiro atoms. The van der Waals surface area contributed by atoms with E-state index in [1.165, 1.54) is 12.2 Å². The van der Waals surface area contributed by atoms with Crippen LogP contribution in [0.1, 0.15) is 44.5 Å². The van der Waals surface area contributed by atoms with Gasteiger partial charge in [-0.1, -0.05) is 157 Å². The molecule has 0 heterocycles.